The third-order valence-electron chi connectivity index (χ3n) is 2.34. The van der Waals surface area contributed by atoms with Crippen LogP contribution in [0.25, 0.3) is 0 Å². The van der Waals surface area contributed by atoms with Gasteiger partial charge in [0.05, 0.1) is 17.2 Å². The minimum absolute atomic E-state index is 0.344. The van der Waals surface area contributed by atoms with Crippen LogP contribution in [0.4, 0.5) is 0 Å². The zero-order chi connectivity index (χ0) is 9.31. The van der Waals surface area contributed by atoms with Gasteiger partial charge in [-0.15, -0.1) is 11.3 Å². The average molecular weight is 218 g/mol. The quantitative estimate of drug-likeness (QED) is 0.784. The van der Waals surface area contributed by atoms with Crippen LogP contribution in [-0.2, 0) is 10.3 Å². The number of rotatable bonds is 1. The van der Waals surface area contributed by atoms with Crippen LogP contribution in [0.2, 0.25) is 5.02 Å². The minimum atomic E-state index is -0.344. The highest BCUT2D eigenvalue weighted by Gasteiger charge is 2.33. The Labute approximate surface area is 86.6 Å². The molecule has 0 amide bonds. The van der Waals surface area contributed by atoms with Crippen molar-refractivity contribution in [2.75, 3.05) is 13.2 Å². The molecule has 1 atom stereocenters. The summed E-state index contributed by atoms with van der Waals surface area (Å²) in [5.74, 6) is 0. The second kappa shape index (κ2) is 3.58. The maximum Gasteiger partial charge on any atom is 0.0756 e. The molecule has 1 saturated heterocycles. The van der Waals surface area contributed by atoms with Crippen molar-refractivity contribution in [3.63, 3.8) is 0 Å². The minimum Gasteiger partial charge on any atom is -0.379 e. The first-order valence-electron chi connectivity index (χ1n) is 4.32. The van der Waals surface area contributed by atoms with Gasteiger partial charge in [-0.3, -0.25) is 0 Å². The SMILES string of the molecule is NC1(c2sccc2Cl)CCCOC1. The average Bonchev–Trinajstić information content (AvgIpc) is 2.53. The van der Waals surface area contributed by atoms with Gasteiger partial charge in [0.2, 0.25) is 0 Å². The highest BCUT2D eigenvalue weighted by molar-refractivity contribution is 7.10. The molecule has 1 aliphatic rings. The van der Waals surface area contributed by atoms with E-state index in [2.05, 4.69) is 0 Å². The van der Waals surface area contributed by atoms with Crippen LogP contribution in [-0.4, -0.2) is 13.2 Å². The Hall–Kier alpha value is -0.0900. The first-order chi connectivity index (χ1) is 6.22. The van der Waals surface area contributed by atoms with E-state index in [1.54, 1.807) is 11.3 Å². The Kier molecular flexibility index (Phi) is 2.60. The fraction of sp³-hybridized carbons (Fsp3) is 0.556. The third-order valence-corrected chi connectivity index (χ3v) is 3.90. The van der Waals surface area contributed by atoms with E-state index in [-0.39, 0.29) is 5.54 Å². The van der Waals surface area contributed by atoms with E-state index in [0.29, 0.717) is 6.61 Å². The first kappa shape index (κ1) is 9.46. The smallest absolute Gasteiger partial charge is 0.0756 e. The number of hydrogen-bond donors (Lipinski definition) is 1. The molecule has 0 radical (unpaired) electrons. The van der Waals surface area contributed by atoms with Gasteiger partial charge in [-0.2, -0.15) is 0 Å². The lowest BCUT2D eigenvalue weighted by Crippen LogP contribution is -2.44. The lowest BCUT2D eigenvalue weighted by atomic mass is 9.92. The Morgan fingerprint density at radius 2 is 2.46 bits per heavy atom. The highest BCUT2D eigenvalue weighted by atomic mass is 35.5. The van der Waals surface area contributed by atoms with Crippen molar-refractivity contribution >= 4 is 22.9 Å². The van der Waals surface area contributed by atoms with Gasteiger partial charge in [0, 0.05) is 11.5 Å². The molecular formula is C9H12ClNOS. The number of halogens is 1. The molecule has 2 heterocycles. The molecule has 13 heavy (non-hydrogen) atoms. The summed E-state index contributed by atoms with van der Waals surface area (Å²) >= 11 is 7.66. The van der Waals surface area contributed by atoms with Crippen molar-refractivity contribution in [3.05, 3.63) is 21.3 Å². The molecule has 1 fully saturated rings. The van der Waals surface area contributed by atoms with Crippen LogP contribution in [0.1, 0.15) is 17.7 Å². The molecule has 1 aromatic heterocycles. The molecule has 72 valence electrons. The van der Waals surface area contributed by atoms with Gasteiger partial charge in [0.15, 0.2) is 0 Å². The van der Waals surface area contributed by atoms with E-state index < -0.39 is 0 Å². The summed E-state index contributed by atoms with van der Waals surface area (Å²) < 4.78 is 5.39. The zero-order valence-corrected chi connectivity index (χ0v) is 8.83. The molecule has 2 N–H and O–H groups in total. The first-order valence-corrected chi connectivity index (χ1v) is 5.58. The van der Waals surface area contributed by atoms with Crippen molar-refractivity contribution in [1.29, 1.82) is 0 Å². The molecule has 0 bridgehead atoms. The van der Waals surface area contributed by atoms with Crippen LogP contribution in [0, 0.1) is 0 Å². The number of hydrogen-bond acceptors (Lipinski definition) is 3. The van der Waals surface area contributed by atoms with Crippen LogP contribution < -0.4 is 5.73 Å². The molecule has 2 nitrogen and oxygen atoms in total. The molecule has 1 unspecified atom stereocenters. The summed E-state index contributed by atoms with van der Waals surface area (Å²) in [4.78, 5) is 1.06. The van der Waals surface area contributed by atoms with Gasteiger partial charge in [-0.1, -0.05) is 11.6 Å². The summed E-state index contributed by atoms with van der Waals surface area (Å²) in [6, 6.07) is 1.89. The second-order valence-corrected chi connectivity index (χ2v) is 4.73. The molecule has 1 aliphatic heterocycles. The van der Waals surface area contributed by atoms with E-state index in [4.69, 9.17) is 22.1 Å². The molecule has 0 aliphatic carbocycles. The number of thiophene rings is 1. The van der Waals surface area contributed by atoms with Crippen molar-refractivity contribution in [2.45, 2.75) is 18.4 Å². The Morgan fingerprint density at radius 1 is 1.62 bits per heavy atom. The van der Waals surface area contributed by atoms with Gasteiger partial charge < -0.3 is 10.5 Å². The summed E-state index contributed by atoms with van der Waals surface area (Å²) in [7, 11) is 0. The number of nitrogens with two attached hydrogens (primary N) is 1. The molecule has 1 aromatic rings. The standard InChI is InChI=1S/C9H12ClNOS/c10-7-2-5-13-8(7)9(11)3-1-4-12-6-9/h2,5H,1,3-4,6,11H2. The van der Waals surface area contributed by atoms with Crippen molar-refractivity contribution in [2.24, 2.45) is 5.73 Å². The summed E-state index contributed by atoms with van der Waals surface area (Å²) in [5.41, 5.74) is 5.88. The summed E-state index contributed by atoms with van der Waals surface area (Å²) in [6.45, 7) is 1.41. The molecule has 2 rings (SSSR count). The zero-order valence-electron chi connectivity index (χ0n) is 7.25. The number of ether oxygens (including phenoxy) is 1. The van der Waals surface area contributed by atoms with E-state index in [1.165, 1.54) is 0 Å². The normalized spacial score (nSPS) is 29.1. The predicted octanol–water partition coefficient (Wildman–Crippen LogP) is 2.37. The van der Waals surface area contributed by atoms with Gasteiger partial charge in [0.1, 0.15) is 0 Å². The van der Waals surface area contributed by atoms with E-state index in [1.807, 2.05) is 11.4 Å². The lowest BCUT2D eigenvalue weighted by molar-refractivity contribution is 0.0382. The van der Waals surface area contributed by atoms with Gasteiger partial charge >= 0.3 is 0 Å². The highest BCUT2D eigenvalue weighted by Crippen LogP contribution is 2.36. The molecular weight excluding hydrogens is 206 g/mol. The van der Waals surface area contributed by atoms with E-state index >= 15 is 0 Å². The second-order valence-electron chi connectivity index (χ2n) is 3.41. The van der Waals surface area contributed by atoms with Crippen LogP contribution in [0.5, 0.6) is 0 Å². The molecule has 0 saturated carbocycles. The van der Waals surface area contributed by atoms with Crippen LogP contribution in [0.15, 0.2) is 11.4 Å². The largest absolute Gasteiger partial charge is 0.379 e. The van der Waals surface area contributed by atoms with E-state index in [9.17, 15) is 0 Å². The topological polar surface area (TPSA) is 35.2 Å². The van der Waals surface area contributed by atoms with Gasteiger partial charge in [-0.05, 0) is 24.3 Å². The molecule has 0 spiro atoms. The fourth-order valence-corrected chi connectivity index (χ4v) is 3.02. The van der Waals surface area contributed by atoms with Crippen LogP contribution in [0.3, 0.4) is 0 Å². The third kappa shape index (κ3) is 1.74. The Morgan fingerprint density at radius 3 is 3.00 bits per heavy atom. The van der Waals surface area contributed by atoms with E-state index in [0.717, 1.165) is 29.3 Å². The summed E-state index contributed by atoms with van der Waals surface area (Å²) in [6.07, 6.45) is 1.98. The Balaban J connectivity index is 2.27. The van der Waals surface area contributed by atoms with Crippen LogP contribution >= 0.6 is 22.9 Å². The fourth-order valence-electron chi connectivity index (χ4n) is 1.64. The molecule has 4 heteroatoms. The van der Waals surface area contributed by atoms with Gasteiger partial charge in [0.25, 0.3) is 0 Å². The monoisotopic (exact) mass is 217 g/mol. The Bertz CT molecular complexity index is 294. The maximum absolute atomic E-state index is 6.23. The maximum atomic E-state index is 6.23. The van der Waals surface area contributed by atoms with Gasteiger partial charge in [-0.25, -0.2) is 0 Å². The van der Waals surface area contributed by atoms with Crippen molar-refractivity contribution < 1.29 is 4.74 Å². The predicted molar refractivity (Wildman–Crippen MR) is 55.2 cm³/mol. The lowest BCUT2D eigenvalue weighted by Gasteiger charge is -2.32. The molecule has 0 aromatic carbocycles. The van der Waals surface area contributed by atoms with Crippen molar-refractivity contribution in [3.8, 4) is 0 Å². The summed E-state index contributed by atoms with van der Waals surface area (Å²) in [5, 5.41) is 2.75. The van der Waals surface area contributed by atoms with Crippen molar-refractivity contribution in [1.82, 2.24) is 0 Å².